The third-order valence-corrected chi connectivity index (χ3v) is 2.90. The molecule has 0 fully saturated rings. The Morgan fingerprint density at radius 2 is 2.25 bits per heavy atom. The molecule has 0 amide bonds. The summed E-state index contributed by atoms with van der Waals surface area (Å²) in [6, 6.07) is 5.31. The van der Waals surface area contributed by atoms with Gasteiger partial charge in [-0.2, -0.15) is 0 Å². The molecule has 0 spiro atoms. The van der Waals surface area contributed by atoms with Crippen LogP contribution in [0.5, 0.6) is 0 Å². The molecular weight excluding hydrogens is 228 g/mol. The second-order valence-corrected chi connectivity index (χ2v) is 4.07. The summed E-state index contributed by atoms with van der Waals surface area (Å²) < 4.78 is 1.70. The summed E-state index contributed by atoms with van der Waals surface area (Å²) in [5.41, 5.74) is 7.98. The van der Waals surface area contributed by atoms with E-state index in [0.717, 1.165) is 16.6 Å². The number of carboxylic acid groups (broad SMARTS) is 1. The highest BCUT2D eigenvalue weighted by molar-refractivity contribution is 6.34. The molecule has 0 atom stereocenters. The second-order valence-electron chi connectivity index (χ2n) is 3.66. The van der Waals surface area contributed by atoms with E-state index >= 15 is 0 Å². The van der Waals surface area contributed by atoms with Gasteiger partial charge in [-0.25, -0.2) is 0 Å². The molecule has 0 unspecified atom stereocenters. The number of carboxylic acids is 1. The van der Waals surface area contributed by atoms with Gasteiger partial charge in [-0.3, -0.25) is 4.79 Å². The topological polar surface area (TPSA) is 68.2 Å². The third kappa shape index (κ3) is 1.61. The number of hydrogen-bond donors (Lipinski definition) is 2. The number of aliphatic carboxylic acids is 1. The maximum Gasteiger partial charge on any atom is 0.323 e. The van der Waals surface area contributed by atoms with E-state index in [4.69, 9.17) is 22.4 Å². The number of nitrogens with two attached hydrogens (primary N) is 1. The first-order chi connectivity index (χ1) is 7.50. The van der Waals surface area contributed by atoms with Crippen LogP contribution in [0.3, 0.4) is 0 Å². The standard InChI is InChI=1S/C11H11ClN2O2/c1-6-4-7-9(14(6)5-10(15)16)3-2-8(12)11(7)13/h2-4H,5,13H2,1H3,(H,15,16). The molecular formula is C11H11ClN2O2. The van der Waals surface area contributed by atoms with Crippen molar-refractivity contribution in [1.82, 2.24) is 4.57 Å². The van der Waals surface area contributed by atoms with Crippen LogP contribution >= 0.6 is 11.6 Å². The van der Waals surface area contributed by atoms with Crippen molar-refractivity contribution in [3.63, 3.8) is 0 Å². The number of fused-ring (bicyclic) bond motifs is 1. The average Bonchev–Trinajstić information content (AvgIpc) is 2.51. The average molecular weight is 239 g/mol. The smallest absolute Gasteiger partial charge is 0.323 e. The van der Waals surface area contributed by atoms with E-state index in [2.05, 4.69) is 0 Å². The van der Waals surface area contributed by atoms with Crippen LogP contribution in [0.2, 0.25) is 5.02 Å². The molecule has 2 aromatic rings. The van der Waals surface area contributed by atoms with E-state index in [-0.39, 0.29) is 6.54 Å². The fourth-order valence-electron chi connectivity index (χ4n) is 1.81. The first-order valence-corrected chi connectivity index (χ1v) is 5.14. The number of benzene rings is 1. The van der Waals surface area contributed by atoms with Crippen molar-refractivity contribution < 1.29 is 9.90 Å². The lowest BCUT2D eigenvalue weighted by molar-refractivity contribution is -0.137. The number of anilines is 1. The number of halogens is 1. The Balaban J connectivity index is 2.71. The van der Waals surface area contributed by atoms with Gasteiger partial charge in [0.25, 0.3) is 0 Å². The molecule has 0 bridgehead atoms. The molecule has 0 radical (unpaired) electrons. The lowest BCUT2D eigenvalue weighted by atomic mass is 10.2. The van der Waals surface area contributed by atoms with Crippen molar-refractivity contribution in [3.8, 4) is 0 Å². The molecule has 0 aliphatic heterocycles. The lowest BCUT2D eigenvalue weighted by Gasteiger charge is -2.05. The Morgan fingerprint density at radius 3 is 2.88 bits per heavy atom. The van der Waals surface area contributed by atoms with Gasteiger partial charge in [-0.05, 0) is 25.1 Å². The van der Waals surface area contributed by atoms with Crippen LogP contribution in [0.1, 0.15) is 5.69 Å². The van der Waals surface area contributed by atoms with Crippen LogP contribution in [-0.2, 0) is 11.3 Å². The fraction of sp³-hybridized carbons (Fsp3) is 0.182. The molecule has 84 valence electrons. The van der Waals surface area contributed by atoms with Crippen molar-refractivity contribution in [1.29, 1.82) is 0 Å². The Morgan fingerprint density at radius 1 is 1.56 bits per heavy atom. The Bertz CT molecular complexity index is 575. The maximum atomic E-state index is 10.7. The molecule has 0 saturated heterocycles. The fourth-order valence-corrected chi connectivity index (χ4v) is 1.97. The number of carbonyl (C=O) groups is 1. The Labute approximate surface area is 97.2 Å². The van der Waals surface area contributed by atoms with Gasteiger partial charge in [-0.1, -0.05) is 11.6 Å². The molecule has 16 heavy (non-hydrogen) atoms. The van der Waals surface area contributed by atoms with Crippen LogP contribution in [0.4, 0.5) is 5.69 Å². The monoisotopic (exact) mass is 238 g/mol. The molecule has 4 nitrogen and oxygen atoms in total. The van der Waals surface area contributed by atoms with Gasteiger partial charge in [0.05, 0.1) is 16.2 Å². The van der Waals surface area contributed by atoms with E-state index in [0.29, 0.717) is 10.7 Å². The Kier molecular flexibility index (Phi) is 2.52. The number of aryl methyl sites for hydroxylation is 1. The van der Waals surface area contributed by atoms with Crippen LogP contribution in [-0.4, -0.2) is 15.6 Å². The largest absolute Gasteiger partial charge is 0.480 e. The first-order valence-electron chi connectivity index (χ1n) is 4.76. The SMILES string of the molecule is Cc1cc2c(N)c(Cl)ccc2n1CC(=O)O. The van der Waals surface area contributed by atoms with Gasteiger partial charge in [0.15, 0.2) is 0 Å². The van der Waals surface area contributed by atoms with Crippen LogP contribution < -0.4 is 5.73 Å². The summed E-state index contributed by atoms with van der Waals surface area (Å²) in [5, 5.41) is 10.1. The summed E-state index contributed by atoms with van der Waals surface area (Å²) in [6.07, 6.45) is 0. The summed E-state index contributed by atoms with van der Waals surface area (Å²) in [7, 11) is 0. The van der Waals surface area contributed by atoms with E-state index < -0.39 is 5.97 Å². The summed E-state index contributed by atoms with van der Waals surface area (Å²) in [5.74, 6) is -0.880. The predicted molar refractivity (Wildman–Crippen MR) is 63.7 cm³/mol. The maximum absolute atomic E-state index is 10.7. The van der Waals surface area contributed by atoms with Gasteiger partial charge in [0.2, 0.25) is 0 Å². The van der Waals surface area contributed by atoms with E-state index in [1.54, 1.807) is 16.7 Å². The van der Waals surface area contributed by atoms with Crippen molar-refractivity contribution in [2.45, 2.75) is 13.5 Å². The van der Waals surface area contributed by atoms with Gasteiger partial charge in [-0.15, -0.1) is 0 Å². The van der Waals surface area contributed by atoms with E-state index in [1.807, 2.05) is 13.0 Å². The number of aromatic nitrogens is 1. The quantitative estimate of drug-likeness (QED) is 0.789. The van der Waals surface area contributed by atoms with Gasteiger partial charge in [0.1, 0.15) is 6.54 Å². The lowest BCUT2D eigenvalue weighted by Crippen LogP contribution is -2.09. The van der Waals surface area contributed by atoms with E-state index in [9.17, 15) is 4.79 Å². The first kappa shape index (κ1) is 10.8. The van der Waals surface area contributed by atoms with Crippen molar-refractivity contribution in [3.05, 3.63) is 28.9 Å². The number of hydrogen-bond acceptors (Lipinski definition) is 2. The highest BCUT2D eigenvalue weighted by atomic mass is 35.5. The predicted octanol–water partition coefficient (Wildman–Crippen LogP) is 2.27. The highest BCUT2D eigenvalue weighted by Gasteiger charge is 2.11. The normalized spacial score (nSPS) is 10.9. The van der Waals surface area contributed by atoms with E-state index in [1.165, 1.54) is 0 Å². The second kappa shape index (κ2) is 3.72. The number of nitrogen functional groups attached to an aromatic ring is 1. The molecule has 1 aromatic carbocycles. The van der Waals surface area contributed by atoms with Crippen LogP contribution in [0.15, 0.2) is 18.2 Å². The van der Waals surface area contributed by atoms with Gasteiger partial charge in [0, 0.05) is 11.1 Å². The summed E-state index contributed by atoms with van der Waals surface area (Å²) in [4.78, 5) is 10.7. The molecule has 0 saturated carbocycles. The number of rotatable bonds is 2. The Hall–Kier alpha value is -1.68. The van der Waals surface area contributed by atoms with Crippen LogP contribution in [0, 0.1) is 6.92 Å². The number of nitrogens with zero attached hydrogens (tertiary/aromatic N) is 1. The zero-order chi connectivity index (χ0) is 11.9. The summed E-state index contributed by atoms with van der Waals surface area (Å²) >= 11 is 5.90. The summed E-state index contributed by atoms with van der Waals surface area (Å²) in [6.45, 7) is 1.77. The molecule has 2 rings (SSSR count). The minimum Gasteiger partial charge on any atom is -0.480 e. The molecule has 5 heteroatoms. The highest BCUT2D eigenvalue weighted by Crippen LogP contribution is 2.30. The van der Waals surface area contributed by atoms with Crippen molar-refractivity contribution >= 4 is 34.2 Å². The van der Waals surface area contributed by atoms with Gasteiger partial charge >= 0.3 is 5.97 Å². The molecule has 0 aliphatic rings. The molecule has 0 aliphatic carbocycles. The molecule has 1 heterocycles. The molecule has 1 aromatic heterocycles. The van der Waals surface area contributed by atoms with Gasteiger partial charge < -0.3 is 15.4 Å². The van der Waals surface area contributed by atoms with Crippen molar-refractivity contribution in [2.75, 3.05) is 5.73 Å². The zero-order valence-electron chi connectivity index (χ0n) is 8.70. The third-order valence-electron chi connectivity index (χ3n) is 2.57. The van der Waals surface area contributed by atoms with Crippen LogP contribution in [0.25, 0.3) is 10.9 Å². The van der Waals surface area contributed by atoms with Crippen molar-refractivity contribution in [2.24, 2.45) is 0 Å². The molecule has 3 N–H and O–H groups in total. The zero-order valence-corrected chi connectivity index (χ0v) is 9.45. The minimum absolute atomic E-state index is 0.0730. The minimum atomic E-state index is -0.880.